The zero-order chi connectivity index (χ0) is 20.4. The van der Waals surface area contributed by atoms with Gasteiger partial charge in [-0.2, -0.15) is 4.68 Å². The Kier molecular flexibility index (Phi) is 5.17. The minimum atomic E-state index is -0.226. The fraction of sp³-hybridized carbons (Fsp3) is 0.211. The summed E-state index contributed by atoms with van der Waals surface area (Å²) in [5.74, 6) is 0.271. The molecule has 1 aliphatic heterocycles. The molecule has 3 aromatic rings. The third-order valence-electron chi connectivity index (χ3n) is 4.40. The van der Waals surface area contributed by atoms with E-state index >= 15 is 0 Å². The maximum absolute atomic E-state index is 12.8. The zero-order valence-corrected chi connectivity index (χ0v) is 16.6. The zero-order valence-electron chi connectivity index (χ0n) is 15.8. The van der Waals surface area contributed by atoms with Crippen LogP contribution in [0, 0.1) is 6.92 Å². The average Bonchev–Trinajstić information content (AvgIpc) is 3.19. The van der Waals surface area contributed by atoms with E-state index in [0.29, 0.717) is 28.0 Å². The summed E-state index contributed by atoms with van der Waals surface area (Å²) in [4.78, 5) is 26.3. The number of rotatable bonds is 5. The molecule has 1 N–H and O–H groups in total. The van der Waals surface area contributed by atoms with E-state index in [4.69, 9.17) is 4.74 Å². The Hall–Kier alpha value is -3.40. The summed E-state index contributed by atoms with van der Waals surface area (Å²) >= 11 is 1.20. The Morgan fingerprint density at radius 1 is 1.24 bits per heavy atom. The maximum Gasteiger partial charge on any atom is 0.244 e. The number of methoxy groups -OCH3 is 1. The fourth-order valence-corrected chi connectivity index (χ4v) is 3.81. The second-order valence-corrected chi connectivity index (χ2v) is 7.32. The summed E-state index contributed by atoms with van der Waals surface area (Å²) in [6.07, 6.45) is 0. The van der Waals surface area contributed by atoms with Gasteiger partial charge in [-0.1, -0.05) is 30.0 Å². The first kappa shape index (κ1) is 18.9. The molecule has 10 heteroatoms. The summed E-state index contributed by atoms with van der Waals surface area (Å²) in [7, 11) is 1.58. The summed E-state index contributed by atoms with van der Waals surface area (Å²) in [5, 5.41) is 15.0. The molecule has 148 valence electrons. The van der Waals surface area contributed by atoms with Crippen molar-refractivity contribution in [3.63, 3.8) is 0 Å². The van der Waals surface area contributed by atoms with Crippen molar-refractivity contribution in [3.8, 4) is 11.4 Å². The summed E-state index contributed by atoms with van der Waals surface area (Å²) in [6, 6.07) is 12.9. The third kappa shape index (κ3) is 3.79. The Morgan fingerprint density at radius 2 is 2.07 bits per heavy atom. The Balaban J connectivity index is 1.55. The number of tetrazole rings is 1. The topological polar surface area (TPSA) is 102 Å². The van der Waals surface area contributed by atoms with Crippen LogP contribution >= 0.6 is 11.8 Å². The van der Waals surface area contributed by atoms with Crippen LogP contribution in [0.3, 0.4) is 0 Å². The molecule has 2 heterocycles. The molecule has 1 aromatic heterocycles. The van der Waals surface area contributed by atoms with Gasteiger partial charge in [0, 0.05) is 0 Å². The SMILES string of the molecule is COc1ccc(C)cc1-n1nnnc1SCC(=O)N1CC(=O)Nc2ccccc21. The Bertz CT molecular complexity index is 1080. The van der Waals surface area contributed by atoms with E-state index in [1.165, 1.54) is 16.7 Å². The Labute approximate surface area is 171 Å². The van der Waals surface area contributed by atoms with Gasteiger partial charge in [0.25, 0.3) is 0 Å². The molecule has 2 amide bonds. The lowest BCUT2D eigenvalue weighted by Crippen LogP contribution is -2.43. The summed E-state index contributed by atoms with van der Waals surface area (Å²) < 4.78 is 6.95. The number of carbonyl (C=O) groups excluding carboxylic acids is 2. The molecule has 0 saturated heterocycles. The molecule has 9 nitrogen and oxygen atoms in total. The van der Waals surface area contributed by atoms with Crippen molar-refractivity contribution in [3.05, 3.63) is 48.0 Å². The molecule has 0 spiro atoms. The van der Waals surface area contributed by atoms with E-state index in [9.17, 15) is 9.59 Å². The van der Waals surface area contributed by atoms with Crippen molar-refractivity contribution in [2.24, 2.45) is 0 Å². The van der Waals surface area contributed by atoms with Gasteiger partial charge in [-0.05, 0) is 47.2 Å². The van der Waals surface area contributed by atoms with Crippen LogP contribution < -0.4 is 15.0 Å². The lowest BCUT2D eigenvalue weighted by Gasteiger charge is -2.28. The van der Waals surface area contributed by atoms with Gasteiger partial charge in [-0.25, -0.2) is 0 Å². The number of carbonyl (C=O) groups is 2. The van der Waals surface area contributed by atoms with Gasteiger partial charge in [0.05, 0.1) is 24.2 Å². The van der Waals surface area contributed by atoms with Gasteiger partial charge in [-0.15, -0.1) is 5.10 Å². The van der Waals surface area contributed by atoms with Crippen molar-refractivity contribution in [2.45, 2.75) is 12.1 Å². The number of thioether (sulfide) groups is 1. The lowest BCUT2D eigenvalue weighted by molar-refractivity contribution is -0.120. The number of fused-ring (bicyclic) bond motifs is 1. The number of ether oxygens (including phenoxy) is 1. The van der Waals surface area contributed by atoms with Gasteiger partial charge in [0.15, 0.2) is 0 Å². The van der Waals surface area contributed by atoms with E-state index in [1.807, 2.05) is 37.3 Å². The molecule has 0 aliphatic carbocycles. The van der Waals surface area contributed by atoms with Crippen LogP contribution in [0.1, 0.15) is 5.56 Å². The third-order valence-corrected chi connectivity index (χ3v) is 5.30. The standard InChI is InChI=1S/C19H18N6O3S/c1-12-7-8-16(28-2)15(9-12)25-19(21-22-23-25)29-11-18(27)24-10-17(26)20-13-5-3-4-6-14(13)24/h3-9H,10-11H2,1-2H3,(H,20,26). The molecule has 0 atom stereocenters. The van der Waals surface area contributed by atoms with Crippen LogP contribution in [0.4, 0.5) is 11.4 Å². The molecule has 4 rings (SSSR count). The minimum absolute atomic E-state index is 0.0208. The van der Waals surface area contributed by atoms with E-state index in [1.54, 1.807) is 23.9 Å². The number of nitrogens with one attached hydrogen (secondary N) is 1. The summed E-state index contributed by atoms with van der Waals surface area (Å²) in [6.45, 7) is 1.94. The highest BCUT2D eigenvalue weighted by molar-refractivity contribution is 7.99. The number of aryl methyl sites for hydroxylation is 1. The lowest BCUT2D eigenvalue weighted by atomic mass is 10.2. The first-order valence-electron chi connectivity index (χ1n) is 8.82. The maximum atomic E-state index is 12.8. The first-order valence-corrected chi connectivity index (χ1v) is 9.81. The van der Waals surface area contributed by atoms with Crippen LogP contribution in [0.5, 0.6) is 5.75 Å². The van der Waals surface area contributed by atoms with E-state index < -0.39 is 0 Å². The minimum Gasteiger partial charge on any atom is -0.494 e. The first-order chi connectivity index (χ1) is 14.1. The highest BCUT2D eigenvalue weighted by Gasteiger charge is 2.27. The number of hydrogen-bond donors (Lipinski definition) is 1. The second-order valence-electron chi connectivity index (χ2n) is 6.38. The molecule has 0 radical (unpaired) electrons. The van der Waals surface area contributed by atoms with Crippen LogP contribution in [0.15, 0.2) is 47.6 Å². The number of amides is 2. The van der Waals surface area contributed by atoms with Crippen molar-refractivity contribution < 1.29 is 14.3 Å². The van der Waals surface area contributed by atoms with Gasteiger partial charge in [0.1, 0.15) is 18.0 Å². The second kappa shape index (κ2) is 7.92. The molecule has 0 unspecified atom stereocenters. The predicted octanol–water partition coefficient (Wildman–Crippen LogP) is 2.06. The fourth-order valence-electron chi connectivity index (χ4n) is 3.05. The van der Waals surface area contributed by atoms with Gasteiger partial charge >= 0.3 is 0 Å². The van der Waals surface area contributed by atoms with Crippen LogP contribution in [0.2, 0.25) is 0 Å². The van der Waals surface area contributed by atoms with Crippen molar-refractivity contribution in [2.75, 3.05) is 29.6 Å². The molecule has 0 fully saturated rings. The normalized spacial score (nSPS) is 13.0. The predicted molar refractivity (Wildman–Crippen MR) is 109 cm³/mol. The number of hydrogen-bond acceptors (Lipinski definition) is 7. The van der Waals surface area contributed by atoms with Crippen molar-refractivity contribution in [1.29, 1.82) is 0 Å². The largest absolute Gasteiger partial charge is 0.494 e. The molecule has 0 bridgehead atoms. The smallest absolute Gasteiger partial charge is 0.244 e. The number of benzene rings is 2. The number of anilines is 2. The van der Waals surface area contributed by atoms with E-state index in [-0.39, 0.29) is 24.1 Å². The van der Waals surface area contributed by atoms with Crippen LogP contribution in [-0.2, 0) is 9.59 Å². The average molecular weight is 410 g/mol. The van der Waals surface area contributed by atoms with E-state index in [0.717, 1.165) is 5.56 Å². The van der Waals surface area contributed by atoms with Crippen LogP contribution in [-0.4, -0.2) is 51.4 Å². The summed E-state index contributed by atoms with van der Waals surface area (Å²) in [5.41, 5.74) is 3.02. The molecule has 1 aliphatic rings. The Morgan fingerprint density at radius 3 is 2.90 bits per heavy atom. The molecular formula is C19H18N6O3S. The number of aromatic nitrogens is 4. The van der Waals surface area contributed by atoms with E-state index in [2.05, 4.69) is 20.8 Å². The molecule has 29 heavy (non-hydrogen) atoms. The van der Waals surface area contributed by atoms with Gasteiger partial charge < -0.3 is 15.0 Å². The molecular weight excluding hydrogens is 392 g/mol. The quantitative estimate of drug-likeness (QED) is 0.642. The van der Waals surface area contributed by atoms with Crippen molar-refractivity contribution in [1.82, 2.24) is 20.2 Å². The molecule has 2 aromatic carbocycles. The molecule has 0 saturated carbocycles. The highest BCUT2D eigenvalue weighted by atomic mass is 32.2. The number of nitrogens with zero attached hydrogens (tertiary/aromatic N) is 5. The van der Waals surface area contributed by atoms with Gasteiger partial charge in [-0.3, -0.25) is 9.59 Å². The van der Waals surface area contributed by atoms with Crippen LogP contribution in [0.25, 0.3) is 5.69 Å². The monoisotopic (exact) mass is 410 g/mol. The van der Waals surface area contributed by atoms with Crippen molar-refractivity contribution >= 4 is 35.0 Å². The van der Waals surface area contributed by atoms with Gasteiger partial charge in [0.2, 0.25) is 17.0 Å². The highest BCUT2D eigenvalue weighted by Crippen LogP contribution is 2.31. The number of para-hydroxylation sites is 2.